The zero-order valence-corrected chi connectivity index (χ0v) is 22.2. The molecule has 39 heavy (non-hydrogen) atoms. The molecule has 2 aliphatic carbocycles. The van der Waals surface area contributed by atoms with E-state index in [2.05, 4.69) is 48.1 Å². The third-order valence-corrected chi connectivity index (χ3v) is 8.05. The lowest BCUT2D eigenvalue weighted by Crippen LogP contribution is -2.37. The maximum Gasteiger partial charge on any atom is 0.573 e. The van der Waals surface area contributed by atoms with Gasteiger partial charge in [-0.05, 0) is 98.8 Å². The second kappa shape index (κ2) is 12.7. The molecule has 0 bridgehead atoms. The molecule has 2 aromatic carbocycles. The number of hydrogen-bond acceptors (Lipinski definition) is 2. The van der Waals surface area contributed by atoms with E-state index in [0.29, 0.717) is 36.8 Å². The summed E-state index contributed by atoms with van der Waals surface area (Å²) in [7, 11) is 0. The Morgan fingerprint density at radius 2 is 1.36 bits per heavy atom. The van der Waals surface area contributed by atoms with Gasteiger partial charge in [0.05, 0.1) is 5.92 Å². The molecule has 2 fully saturated rings. The van der Waals surface area contributed by atoms with Crippen LogP contribution in [0.1, 0.15) is 81.8 Å². The van der Waals surface area contributed by atoms with Gasteiger partial charge in [0, 0.05) is 6.07 Å². The Morgan fingerprint density at radius 1 is 0.769 bits per heavy atom. The van der Waals surface area contributed by atoms with E-state index < -0.39 is 35.7 Å². The molecule has 0 spiro atoms. The minimum Gasteiger partial charge on any atom is -0.432 e. The van der Waals surface area contributed by atoms with Gasteiger partial charge in [0.2, 0.25) is 0 Å². The second-order valence-electron chi connectivity index (χ2n) is 10.9. The Kier molecular flexibility index (Phi) is 9.55. The summed E-state index contributed by atoms with van der Waals surface area (Å²) >= 11 is 0. The van der Waals surface area contributed by atoms with E-state index in [0.717, 1.165) is 44.6 Å². The third-order valence-electron chi connectivity index (χ3n) is 8.05. The molecular formula is C31H36F6O2. The van der Waals surface area contributed by atoms with Crippen LogP contribution in [0, 0.1) is 23.6 Å². The third kappa shape index (κ3) is 8.42. The second-order valence-corrected chi connectivity index (χ2v) is 10.9. The van der Waals surface area contributed by atoms with Gasteiger partial charge in [0.15, 0.2) is 11.6 Å². The Balaban J connectivity index is 1.22. The van der Waals surface area contributed by atoms with E-state index in [1.807, 2.05) is 0 Å². The molecule has 0 N–H and O–H groups in total. The van der Waals surface area contributed by atoms with Gasteiger partial charge >= 0.3 is 12.5 Å². The maximum absolute atomic E-state index is 14.8. The highest BCUT2D eigenvalue weighted by Crippen LogP contribution is 2.42. The molecule has 0 radical (unpaired) electrons. The smallest absolute Gasteiger partial charge is 0.432 e. The minimum absolute atomic E-state index is 0.233. The summed E-state index contributed by atoms with van der Waals surface area (Å²) in [5, 5.41) is 0. The predicted molar refractivity (Wildman–Crippen MR) is 138 cm³/mol. The van der Waals surface area contributed by atoms with Crippen molar-refractivity contribution in [3.05, 3.63) is 71.6 Å². The molecule has 214 valence electrons. The Labute approximate surface area is 226 Å². The van der Waals surface area contributed by atoms with Crippen LogP contribution in [0.2, 0.25) is 0 Å². The first-order valence-electron chi connectivity index (χ1n) is 13.9. The van der Waals surface area contributed by atoms with Crippen molar-refractivity contribution in [2.24, 2.45) is 17.8 Å². The van der Waals surface area contributed by atoms with Crippen molar-refractivity contribution in [1.29, 1.82) is 0 Å². The lowest BCUT2D eigenvalue weighted by Gasteiger charge is -2.32. The first kappa shape index (κ1) is 29.3. The molecule has 2 aliphatic rings. The fraction of sp³-hybridized carbons (Fsp3) is 0.548. The molecule has 0 aliphatic heterocycles. The van der Waals surface area contributed by atoms with Crippen LogP contribution in [0.4, 0.5) is 26.3 Å². The first-order valence-corrected chi connectivity index (χ1v) is 13.9. The number of ether oxygens (including phenoxy) is 2. The Bertz CT molecular complexity index is 1080. The summed E-state index contributed by atoms with van der Waals surface area (Å²) < 4.78 is 88.6. The number of allylic oxidation sites excluding steroid dienone is 2. The topological polar surface area (TPSA) is 18.5 Å². The maximum atomic E-state index is 14.8. The molecule has 0 heterocycles. The molecular weight excluding hydrogens is 518 g/mol. The van der Waals surface area contributed by atoms with Crippen molar-refractivity contribution in [2.75, 3.05) is 0 Å². The molecule has 0 saturated heterocycles. The summed E-state index contributed by atoms with van der Waals surface area (Å²) in [5.74, 6) is -2.75. The van der Waals surface area contributed by atoms with Crippen LogP contribution in [0.5, 0.6) is 11.5 Å². The van der Waals surface area contributed by atoms with Crippen LogP contribution in [-0.4, -0.2) is 12.5 Å². The van der Waals surface area contributed by atoms with Crippen molar-refractivity contribution in [3.8, 4) is 11.5 Å². The highest BCUT2D eigenvalue weighted by molar-refractivity contribution is 5.33. The fourth-order valence-electron chi connectivity index (χ4n) is 5.85. The van der Waals surface area contributed by atoms with E-state index in [1.165, 1.54) is 11.1 Å². The van der Waals surface area contributed by atoms with Crippen LogP contribution in [0.15, 0.2) is 54.6 Å². The zero-order chi connectivity index (χ0) is 28.0. The van der Waals surface area contributed by atoms with Gasteiger partial charge in [0.1, 0.15) is 5.75 Å². The van der Waals surface area contributed by atoms with Crippen molar-refractivity contribution in [3.63, 3.8) is 0 Å². The molecule has 8 heteroatoms. The number of rotatable bonds is 9. The molecule has 0 aromatic heterocycles. The van der Waals surface area contributed by atoms with Crippen LogP contribution >= 0.6 is 0 Å². The SMILES string of the molecule is CCCc1ccc(C2CCC(/C=C/C3CCC(C(F)(F)Oc4ccc(OC(F)(F)F)c(F)c4)CC3)CC2)cc1. The van der Waals surface area contributed by atoms with Gasteiger partial charge in [0.25, 0.3) is 0 Å². The van der Waals surface area contributed by atoms with E-state index in [1.54, 1.807) is 0 Å². The monoisotopic (exact) mass is 554 g/mol. The quantitative estimate of drug-likeness (QED) is 0.227. The average molecular weight is 555 g/mol. The number of hydrogen-bond donors (Lipinski definition) is 0. The van der Waals surface area contributed by atoms with Crippen LogP contribution in [0.25, 0.3) is 0 Å². The highest BCUT2D eigenvalue weighted by Gasteiger charge is 2.44. The van der Waals surface area contributed by atoms with Crippen LogP contribution < -0.4 is 9.47 Å². The highest BCUT2D eigenvalue weighted by atomic mass is 19.4. The fourth-order valence-corrected chi connectivity index (χ4v) is 5.85. The molecule has 4 rings (SSSR count). The van der Waals surface area contributed by atoms with Gasteiger partial charge in [-0.2, -0.15) is 8.78 Å². The number of halogens is 6. The van der Waals surface area contributed by atoms with E-state index in [-0.39, 0.29) is 18.8 Å². The van der Waals surface area contributed by atoms with Gasteiger partial charge < -0.3 is 9.47 Å². The van der Waals surface area contributed by atoms with E-state index >= 15 is 0 Å². The van der Waals surface area contributed by atoms with Crippen LogP contribution in [0.3, 0.4) is 0 Å². The molecule has 2 aromatic rings. The minimum atomic E-state index is -5.08. The molecule has 0 unspecified atom stereocenters. The number of aryl methyl sites for hydroxylation is 1. The van der Waals surface area contributed by atoms with Crippen LogP contribution in [-0.2, 0) is 6.42 Å². The zero-order valence-electron chi connectivity index (χ0n) is 22.2. The summed E-state index contributed by atoms with van der Waals surface area (Å²) in [6, 6.07) is 11.0. The average Bonchev–Trinajstić information content (AvgIpc) is 2.89. The summed E-state index contributed by atoms with van der Waals surface area (Å²) in [6.45, 7) is 2.19. The van der Waals surface area contributed by atoms with Crippen molar-refractivity contribution < 1.29 is 35.8 Å². The van der Waals surface area contributed by atoms with Crippen molar-refractivity contribution in [1.82, 2.24) is 0 Å². The lowest BCUT2D eigenvalue weighted by molar-refractivity contribution is -0.275. The van der Waals surface area contributed by atoms with E-state index in [9.17, 15) is 26.3 Å². The molecule has 2 nitrogen and oxygen atoms in total. The predicted octanol–water partition coefficient (Wildman–Crippen LogP) is 9.98. The summed E-state index contributed by atoms with van der Waals surface area (Å²) in [4.78, 5) is 0. The van der Waals surface area contributed by atoms with Gasteiger partial charge in [-0.1, -0.05) is 49.8 Å². The van der Waals surface area contributed by atoms with Gasteiger partial charge in [-0.15, -0.1) is 13.2 Å². The Morgan fingerprint density at radius 3 is 1.90 bits per heavy atom. The number of benzene rings is 2. The standard InChI is InChI=1S/C31H36F6O2/c1-2-3-21-6-12-24(13-7-21)25-14-8-22(9-15-25)4-5-23-10-16-26(17-11-23)30(33,34)38-27-18-19-29(28(32)20-27)39-31(35,36)37/h4-7,12-13,18-20,22-23,25-26H,2-3,8-11,14-17H2,1H3/b5-4+. The molecule has 0 amide bonds. The van der Waals surface area contributed by atoms with E-state index in [4.69, 9.17) is 4.74 Å². The summed E-state index contributed by atoms with van der Waals surface area (Å²) in [6.07, 6.45) is 4.36. The lowest BCUT2D eigenvalue weighted by atomic mass is 9.77. The Hall–Kier alpha value is -2.64. The van der Waals surface area contributed by atoms with Gasteiger partial charge in [-0.3, -0.25) is 0 Å². The largest absolute Gasteiger partial charge is 0.573 e. The first-order chi connectivity index (χ1) is 18.5. The van der Waals surface area contributed by atoms with Crippen molar-refractivity contribution >= 4 is 0 Å². The molecule has 0 atom stereocenters. The molecule has 2 saturated carbocycles. The van der Waals surface area contributed by atoms with Crippen molar-refractivity contribution in [2.45, 2.75) is 89.5 Å². The summed E-state index contributed by atoms with van der Waals surface area (Å²) in [5.41, 5.74) is 2.81. The number of alkyl halides is 5. The van der Waals surface area contributed by atoms with Gasteiger partial charge in [-0.25, -0.2) is 4.39 Å². The normalized spacial score (nSPS) is 24.6.